The van der Waals surface area contributed by atoms with Crippen LogP contribution in [-0.2, 0) is 11.3 Å². The summed E-state index contributed by atoms with van der Waals surface area (Å²) >= 11 is 6.06. The number of nitrogens with zero attached hydrogens (tertiary/aromatic N) is 1. The van der Waals surface area contributed by atoms with Crippen LogP contribution >= 0.6 is 11.6 Å². The summed E-state index contributed by atoms with van der Waals surface area (Å²) in [4.78, 5) is 14.1. The number of nitrogens with one attached hydrogen (secondary N) is 1. The topological polar surface area (TPSA) is 58.4 Å². The number of nitrogens with two attached hydrogens (primary N) is 1. The van der Waals surface area contributed by atoms with Gasteiger partial charge in [-0.2, -0.15) is 0 Å². The van der Waals surface area contributed by atoms with Crippen molar-refractivity contribution in [2.24, 2.45) is 11.7 Å². The Kier molecular flexibility index (Phi) is 5.40. The zero-order valence-corrected chi connectivity index (χ0v) is 12.6. The lowest BCUT2D eigenvalue weighted by molar-refractivity contribution is -0.122. The van der Waals surface area contributed by atoms with Crippen molar-refractivity contribution in [3.8, 4) is 0 Å². The van der Waals surface area contributed by atoms with Crippen LogP contribution in [0.4, 0.5) is 0 Å². The number of amides is 1. The van der Waals surface area contributed by atoms with Gasteiger partial charge in [0.2, 0.25) is 5.91 Å². The van der Waals surface area contributed by atoms with Gasteiger partial charge in [0, 0.05) is 30.7 Å². The Balaban J connectivity index is 1.79. The van der Waals surface area contributed by atoms with E-state index in [9.17, 15) is 4.79 Å². The van der Waals surface area contributed by atoms with Gasteiger partial charge in [0.1, 0.15) is 0 Å². The van der Waals surface area contributed by atoms with E-state index in [1.807, 2.05) is 24.3 Å². The maximum atomic E-state index is 12.0. The predicted molar refractivity (Wildman–Crippen MR) is 81.5 cm³/mol. The van der Waals surface area contributed by atoms with Crippen molar-refractivity contribution in [2.75, 3.05) is 19.6 Å². The highest BCUT2D eigenvalue weighted by Gasteiger charge is 2.23. The lowest BCUT2D eigenvalue weighted by Crippen LogP contribution is -2.49. The number of carbonyl (C=O) groups excluding carboxylic acids is 1. The molecule has 0 saturated carbocycles. The average Bonchev–Trinajstić information content (AvgIpc) is 2.36. The molecule has 0 aliphatic carbocycles. The molecule has 20 heavy (non-hydrogen) atoms. The van der Waals surface area contributed by atoms with Crippen LogP contribution in [0, 0.1) is 5.92 Å². The van der Waals surface area contributed by atoms with Crippen LogP contribution in [0.15, 0.2) is 24.3 Å². The standard InChI is InChI=1S/C15H22ClN3O/c1-11-6-13(17)9-19(8-11)10-15(20)18-7-12-4-2-3-5-14(12)16/h2-5,11,13H,6-10,17H2,1H3,(H,18,20). The van der Waals surface area contributed by atoms with E-state index < -0.39 is 0 Å². The predicted octanol–water partition coefficient (Wildman–Crippen LogP) is 1.63. The van der Waals surface area contributed by atoms with E-state index in [2.05, 4.69) is 17.1 Å². The summed E-state index contributed by atoms with van der Waals surface area (Å²) in [7, 11) is 0. The summed E-state index contributed by atoms with van der Waals surface area (Å²) in [6.45, 7) is 4.78. The first kappa shape index (κ1) is 15.3. The number of rotatable bonds is 4. The monoisotopic (exact) mass is 295 g/mol. The van der Waals surface area contributed by atoms with Gasteiger partial charge >= 0.3 is 0 Å². The zero-order valence-electron chi connectivity index (χ0n) is 11.8. The maximum Gasteiger partial charge on any atom is 0.234 e. The number of likely N-dealkylation sites (tertiary alicyclic amines) is 1. The lowest BCUT2D eigenvalue weighted by atomic mass is 9.97. The van der Waals surface area contributed by atoms with Crippen LogP contribution in [0.2, 0.25) is 5.02 Å². The maximum absolute atomic E-state index is 12.0. The fourth-order valence-corrected chi connectivity index (χ4v) is 2.94. The van der Waals surface area contributed by atoms with E-state index in [0.29, 0.717) is 24.0 Å². The fourth-order valence-electron chi connectivity index (χ4n) is 2.74. The van der Waals surface area contributed by atoms with Gasteiger partial charge < -0.3 is 11.1 Å². The second kappa shape index (κ2) is 7.07. The highest BCUT2D eigenvalue weighted by atomic mass is 35.5. The van der Waals surface area contributed by atoms with Crippen LogP contribution < -0.4 is 11.1 Å². The highest BCUT2D eigenvalue weighted by molar-refractivity contribution is 6.31. The van der Waals surface area contributed by atoms with E-state index in [4.69, 9.17) is 17.3 Å². The Morgan fingerprint density at radius 1 is 1.45 bits per heavy atom. The molecule has 1 saturated heterocycles. The van der Waals surface area contributed by atoms with Gasteiger partial charge in [-0.05, 0) is 24.0 Å². The first-order valence-electron chi connectivity index (χ1n) is 7.02. The molecule has 1 aromatic carbocycles. The van der Waals surface area contributed by atoms with E-state index in [0.717, 1.165) is 25.1 Å². The second-order valence-electron chi connectivity index (χ2n) is 5.66. The van der Waals surface area contributed by atoms with Gasteiger partial charge in [0.25, 0.3) is 0 Å². The van der Waals surface area contributed by atoms with Crippen molar-refractivity contribution in [3.05, 3.63) is 34.9 Å². The molecule has 2 unspecified atom stereocenters. The quantitative estimate of drug-likeness (QED) is 0.887. The molecule has 2 rings (SSSR count). The average molecular weight is 296 g/mol. The minimum atomic E-state index is 0.0196. The third-order valence-corrected chi connectivity index (χ3v) is 3.94. The molecule has 1 aromatic rings. The Morgan fingerprint density at radius 3 is 2.90 bits per heavy atom. The van der Waals surface area contributed by atoms with E-state index in [1.54, 1.807) is 0 Å². The van der Waals surface area contributed by atoms with Crippen molar-refractivity contribution < 1.29 is 4.79 Å². The van der Waals surface area contributed by atoms with Crippen molar-refractivity contribution in [3.63, 3.8) is 0 Å². The van der Waals surface area contributed by atoms with Crippen LogP contribution in [0.1, 0.15) is 18.9 Å². The number of carbonyl (C=O) groups is 1. The van der Waals surface area contributed by atoms with Crippen LogP contribution in [0.5, 0.6) is 0 Å². The largest absolute Gasteiger partial charge is 0.351 e. The normalized spacial score (nSPS) is 23.6. The Hall–Kier alpha value is -1.10. The third-order valence-electron chi connectivity index (χ3n) is 3.57. The molecule has 1 heterocycles. The molecule has 3 N–H and O–H groups in total. The van der Waals surface area contributed by atoms with E-state index in [-0.39, 0.29) is 11.9 Å². The van der Waals surface area contributed by atoms with Crippen molar-refractivity contribution in [1.29, 1.82) is 0 Å². The minimum Gasteiger partial charge on any atom is -0.351 e. The number of halogens is 1. The van der Waals surface area contributed by atoms with Gasteiger partial charge in [-0.25, -0.2) is 0 Å². The summed E-state index contributed by atoms with van der Waals surface area (Å²) in [5.74, 6) is 0.571. The number of hydrogen-bond acceptors (Lipinski definition) is 3. The number of benzene rings is 1. The molecule has 110 valence electrons. The molecule has 5 heteroatoms. The van der Waals surface area contributed by atoms with Gasteiger partial charge in [-0.3, -0.25) is 9.69 Å². The van der Waals surface area contributed by atoms with E-state index in [1.165, 1.54) is 0 Å². The van der Waals surface area contributed by atoms with E-state index >= 15 is 0 Å². The third kappa shape index (κ3) is 4.47. The fraction of sp³-hybridized carbons (Fsp3) is 0.533. The van der Waals surface area contributed by atoms with Crippen molar-refractivity contribution in [2.45, 2.75) is 25.9 Å². The number of hydrogen-bond donors (Lipinski definition) is 2. The Bertz CT molecular complexity index is 456. The molecule has 0 radical (unpaired) electrons. The first-order valence-corrected chi connectivity index (χ1v) is 7.40. The summed E-state index contributed by atoms with van der Waals surface area (Å²) in [6.07, 6.45) is 1.04. The second-order valence-corrected chi connectivity index (χ2v) is 6.07. The molecule has 0 aromatic heterocycles. The van der Waals surface area contributed by atoms with Gasteiger partial charge in [-0.15, -0.1) is 0 Å². The van der Waals surface area contributed by atoms with Gasteiger partial charge in [-0.1, -0.05) is 36.7 Å². The van der Waals surface area contributed by atoms with Crippen molar-refractivity contribution in [1.82, 2.24) is 10.2 Å². The Morgan fingerprint density at radius 2 is 2.20 bits per heavy atom. The van der Waals surface area contributed by atoms with Gasteiger partial charge in [0.15, 0.2) is 0 Å². The molecule has 2 atom stereocenters. The molecule has 1 amide bonds. The molecule has 1 fully saturated rings. The SMILES string of the molecule is CC1CC(N)CN(CC(=O)NCc2ccccc2Cl)C1. The van der Waals surface area contributed by atoms with Crippen LogP contribution in [0.25, 0.3) is 0 Å². The lowest BCUT2D eigenvalue weighted by Gasteiger charge is -2.34. The minimum absolute atomic E-state index is 0.0196. The van der Waals surface area contributed by atoms with Crippen LogP contribution in [0.3, 0.4) is 0 Å². The summed E-state index contributed by atoms with van der Waals surface area (Å²) < 4.78 is 0. The molecule has 1 aliphatic heterocycles. The smallest absolute Gasteiger partial charge is 0.234 e. The molecular weight excluding hydrogens is 274 g/mol. The first-order chi connectivity index (χ1) is 9.54. The molecule has 0 spiro atoms. The highest BCUT2D eigenvalue weighted by Crippen LogP contribution is 2.15. The van der Waals surface area contributed by atoms with Crippen molar-refractivity contribution >= 4 is 17.5 Å². The van der Waals surface area contributed by atoms with Crippen LogP contribution in [-0.4, -0.2) is 36.5 Å². The molecule has 0 bridgehead atoms. The zero-order chi connectivity index (χ0) is 14.5. The Labute approximate surface area is 125 Å². The summed E-state index contributed by atoms with van der Waals surface area (Å²) in [6, 6.07) is 7.72. The summed E-state index contributed by atoms with van der Waals surface area (Å²) in [5, 5.41) is 3.59. The molecule has 4 nitrogen and oxygen atoms in total. The molecule has 1 aliphatic rings. The van der Waals surface area contributed by atoms with Gasteiger partial charge in [0.05, 0.1) is 6.54 Å². The summed E-state index contributed by atoms with van der Waals surface area (Å²) in [5.41, 5.74) is 6.92. The number of piperidine rings is 1. The molecular formula is C15H22ClN3O.